The molecular formula is C27H26N2O3S. The number of rotatable bonds is 7. The molecule has 2 aromatic carbocycles. The number of thiophene rings is 1. The molecule has 5 nitrogen and oxygen atoms in total. The van der Waals surface area contributed by atoms with Gasteiger partial charge in [0.05, 0.1) is 33.8 Å². The molecule has 0 aliphatic rings. The lowest BCUT2D eigenvalue weighted by molar-refractivity contribution is 0.0499. The lowest BCUT2D eigenvalue weighted by Crippen LogP contribution is -2.14. The minimum Gasteiger partial charge on any atom is -0.462 e. The van der Waals surface area contributed by atoms with Crippen LogP contribution in [0.4, 0.5) is 5.69 Å². The fourth-order valence-corrected chi connectivity index (χ4v) is 4.39. The number of esters is 1. The van der Waals surface area contributed by atoms with E-state index in [1.807, 2.05) is 50.4 Å². The van der Waals surface area contributed by atoms with Crippen LogP contribution < -0.4 is 5.32 Å². The third-order valence-electron chi connectivity index (χ3n) is 5.38. The summed E-state index contributed by atoms with van der Waals surface area (Å²) in [5, 5.41) is 5.78. The number of aromatic nitrogens is 1. The largest absolute Gasteiger partial charge is 0.462 e. The highest BCUT2D eigenvalue weighted by Gasteiger charge is 2.17. The SMILES string of the molecule is CCCCOC(=O)c1ccc(NC(=O)c2cc(-c3cccs3)nc3c(C)cc(C)cc23)cc1. The van der Waals surface area contributed by atoms with Crippen molar-refractivity contribution < 1.29 is 14.3 Å². The van der Waals surface area contributed by atoms with Gasteiger partial charge in [0, 0.05) is 11.1 Å². The van der Waals surface area contributed by atoms with E-state index in [9.17, 15) is 9.59 Å². The summed E-state index contributed by atoms with van der Waals surface area (Å²) in [5.41, 5.74) is 5.34. The second-order valence-electron chi connectivity index (χ2n) is 8.03. The summed E-state index contributed by atoms with van der Waals surface area (Å²) in [6.07, 6.45) is 1.81. The highest BCUT2D eigenvalue weighted by molar-refractivity contribution is 7.13. The van der Waals surface area contributed by atoms with E-state index in [1.165, 1.54) is 0 Å². The van der Waals surface area contributed by atoms with Crippen LogP contribution >= 0.6 is 11.3 Å². The highest BCUT2D eigenvalue weighted by Crippen LogP contribution is 2.30. The average Bonchev–Trinajstić information content (AvgIpc) is 3.34. The van der Waals surface area contributed by atoms with Crippen LogP contribution in [0.1, 0.15) is 51.6 Å². The molecule has 168 valence electrons. The number of pyridine rings is 1. The first kappa shape index (κ1) is 22.7. The monoisotopic (exact) mass is 458 g/mol. The standard InChI is InChI=1S/C27H26N2O3S/c1-4-5-12-32-27(31)19-8-10-20(11-9-19)28-26(30)22-16-23(24-7-6-13-33-24)29-25-18(3)14-17(2)15-21(22)25/h6-11,13-16H,4-5,12H2,1-3H3,(H,28,30). The van der Waals surface area contributed by atoms with Gasteiger partial charge in [-0.2, -0.15) is 0 Å². The number of unbranched alkanes of at least 4 members (excludes halogenated alkanes) is 1. The first-order chi connectivity index (χ1) is 16.0. The molecule has 2 heterocycles. The van der Waals surface area contributed by atoms with Crippen LogP contribution in [0, 0.1) is 13.8 Å². The van der Waals surface area contributed by atoms with Gasteiger partial charge in [0.15, 0.2) is 0 Å². The van der Waals surface area contributed by atoms with E-state index < -0.39 is 0 Å². The van der Waals surface area contributed by atoms with E-state index in [2.05, 4.69) is 11.4 Å². The molecule has 0 spiro atoms. The van der Waals surface area contributed by atoms with E-state index in [4.69, 9.17) is 9.72 Å². The van der Waals surface area contributed by atoms with Gasteiger partial charge in [-0.15, -0.1) is 11.3 Å². The van der Waals surface area contributed by atoms with Crippen molar-refractivity contribution in [2.75, 3.05) is 11.9 Å². The van der Waals surface area contributed by atoms with E-state index in [-0.39, 0.29) is 11.9 Å². The third kappa shape index (κ3) is 5.12. The molecule has 0 saturated heterocycles. The number of hydrogen-bond donors (Lipinski definition) is 1. The minimum absolute atomic E-state index is 0.219. The lowest BCUT2D eigenvalue weighted by atomic mass is 10.0. The van der Waals surface area contributed by atoms with E-state index >= 15 is 0 Å². The normalized spacial score (nSPS) is 10.9. The van der Waals surface area contributed by atoms with Crippen molar-refractivity contribution in [1.29, 1.82) is 0 Å². The summed E-state index contributed by atoms with van der Waals surface area (Å²) in [5.74, 6) is -0.573. The zero-order valence-electron chi connectivity index (χ0n) is 19.0. The summed E-state index contributed by atoms with van der Waals surface area (Å²) >= 11 is 1.59. The molecule has 0 unspecified atom stereocenters. The number of nitrogens with zero attached hydrogens (tertiary/aromatic N) is 1. The van der Waals surface area contributed by atoms with Gasteiger partial charge >= 0.3 is 5.97 Å². The maximum Gasteiger partial charge on any atom is 0.338 e. The zero-order valence-corrected chi connectivity index (χ0v) is 19.8. The second kappa shape index (κ2) is 9.96. The summed E-state index contributed by atoms with van der Waals surface area (Å²) in [7, 11) is 0. The quantitative estimate of drug-likeness (QED) is 0.245. The third-order valence-corrected chi connectivity index (χ3v) is 6.27. The van der Waals surface area contributed by atoms with E-state index in [1.54, 1.807) is 35.6 Å². The number of nitrogens with one attached hydrogen (secondary N) is 1. The van der Waals surface area contributed by atoms with Crippen LogP contribution in [-0.2, 0) is 4.74 Å². The Labute approximate surface area is 197 Å². The summed E-state index contributed by atoms with van der Waals surface area (Å²) in [4.78, 5) is 31.3. The Hall–Kier alpha value is -3.51. The fraction of sp³-hybridized carbons (Fsp3) is 0.222. The van der Waals surface area contributed by atoms with Crippen molar-refractivity contribution in [2.24, 2.45) is 0 Å². The first-order valence-electron chi connectivity index (χ1n) is 11.0. The van der Waals surface area contributed by atoms with Crippen molar-refractivity contribution in [3.05, 3.63) is 82.2 Å². The van der Waals surface area contributed by atoms with E-state index in [0.29, 0.717) is 23.4 Å². The Kier molecular flexibility index (Phi) is 6.84. The number of carbonyl (C=O) groups is 2. The highest BCUT2D eigenvalue weighted by atomic mass is 32.1. The molecule has 0 saturated carbocycles. The Bertz CT molecular complexity index is 1300. The molecule has 2 aromatic heterocycles. The molecule has 4 aromatic rings. The molecule has 0 fully saturated rings. The number of hydrogen-bond acceptors (Lipinski definition) is 5. The number of carbonyl (C=O) groups excluding carboxylic acids is 2. The van der Waals surface area contributed by atoms with Crippen LogP contribution in [0.3, 0.4) is 0 Å². The Morgan fingerprint density at radius 3 is 2.55 bits per heavy atom. The molecule has 0 aliphatic heterocycles. The summed E-state index contributed by atoms with van der Waals surface area (Å²) in [6.45, 7) is 6.48. The van der Waals surface area contributed by atoms with Gasteiger partial charge in [0.1, 0.15) is 0 Å². The van der Waals surface area contributed by atoms with Crippen LogP contribution in [-0.4, -0.2) is 23.5 Å². The first-order valence-corrected chi connectivity index (χ1v) is 11.9. The van der Waals surface area contributed by atoms with Gasteiger partial charge in [-0.3, -0.25) is 4.79 Å². The second-order valence-corrected chi connectivity index (χ2v) is 8.98. The molecule has 0 bridgehead atoms. The van der Waals surface area contributed by atoms with Gasteiger partial charge in [-0.25, -0.2) is 9.78 Å². The molecule has 0 atom stereocenters. The Morgan fingerprint density at radius 1 is 1.06 bits per heavy atom. The van der Waals surface area contributed by atoms with Crippen molar-refractivity contribution in [3.8, 4) is 10.6 Å². The maximum absolute atomic E-state index is 13.3. The zero-order chi connectivity index (χ0) is 23.4. The number of ether oxygens (including phenoxy) is 1. The van der Waals surface area contributed by atoms with Crippen LogP contribution in [0.15, 0.2) is 60.0 Å². The Morgan fingerprint density at radius 2 is 1.85 bits per heavy atom. The molecule has 1 N–H and O–H groups in total. The summed E-state index contributed by atoms with van der Waals surface area (Å²) in [6, 6.07) is 16.7. The van der Waals surface area contributed by atoms with Crippen molar-refractivity contribution in [3.63, 3.8) is 0 Å². The van der Waals surface area contributed by atoms with Crippen molar-refractivity contribution in [2.45, 2.75) is 33.6 Å². The molecule has 1 amide bonds. The average molecular weight is 459 g/mol. The molecule has 0 radical (unpaired) electrons. The fourth-order valence-electron chi connectivity index (χ4n) is 3.70. The van der Waals surface area contributed by atoms with Gasteiger partial charge in [0.2, 0.25) is 0 Å². The Balaban J connectivity index is 1.63. The van der Waals surface area contributed by atoms with Gasteiger partial charge < -0.3 is 10.1 Å². The van der Waals surface area contributed by atoms with Crippen LogP contribution in [0.25, 0.3) is 21.5 Å². The molecule has 33 heavy (non-hydrogen) atoms. The number of fused-ring (bicyclic) bond motifs is 1. The van der Waals surface area contributed by atoms with Crippen LogP contribution in [0.5, 0.6) is 0 Å². The predicted molar refractivity (Wildman–Crippen MR) is 134 cm³/mol. The van der Waals surface area contributed by atoms with Gasteiger partial charge in [-0.05, 0) is 73.7 Å². The molecule has 6 heteroatoms. The van der Waals surface area contributed by atoms with Crippen LogP contribution in [0.2, 0.25) is 0 Å². The smallest absolute Gasteiger partial charge is 0.338 e. The predicted octanol–water partition coefficient (Wildman–Crippen LogP) is 6.79. The number of anilines is 1. The number of amides is 1. The molecular weight excluding hydrogens is 432 g/mol. The minimum atomic E-state index is -0.354. The van der Waals surface area contributed by atoms with E-state index in [0.717, 1.165) is 45.4 Å². The summed E-state index contributed by atoms with van der Waals surface area (Å²) < 4.78 is 5.25. The van der Waals surface area contributed by atoms with Crippen molar-refractivity contribution in [1.82, 2.24) is 4.98 Å². The maximum atomic E-state index is 13.3. The number of aryl methyl sites for hydroxylation is 2. The van der Waals surface area contributed by atoms with Crippen molar-refractivity contribution >= 4 is 39.8 Å². The number of benzene rings is 2. The van der Waals surface area contributed by atoms with Gasteiger partial charge in [-0.1, -0.05) is 31.0 Å². The molecule has 0 aliphatic carbocycles. The topological polar surface area (TPSA) is 68.3 Å². The molecule has 4 rings (SSSR count). The van der Waals surface area contributed by atoms with Gasteiger partial charge in [0.25, 0.3) is 5.91 Å². The lowest BCUT2D eigenvalue weighted by Gasteiger charge is -2.13.